The van der Waals surface area contributed by atoms with Gasteiger partial charge in [0.1, 0.15) is 12.1 Å². The molecule has 2 heterocycles. The number of likely N-dealkylation sites (N-methyl/N-ethyl adjacent to an activating group) is 1. The van der Waals surface area contributed by atoms with Gasteiger partial charge in [0.2, 0.25) is 18.6 Å². The van der Waals surface area contributed by atoms with E-state index in [0.29, 0.717) is 18.0 Å². The predicted octanol–water partition coefficient (Wildman–Crippen LogP) is -0.479. The van der Waals surface area contributed by atoms with E-state index in [0.717, 1.165) is 10.5 Å². The Labute approximate surface area is 161 Å². The van der Waals surface area contributed by atoms with Crippen LogP contribution in [-0.4, -0.2) is 60.6 Å². The van der Waals surface area contributed by atoms with E-state index < -0.39 is 29.9 Å². The molecule has 1 fully saturated rings. The lowest BCUT2D eigenvalue weighted by molar-refractivity contribution is -0.134. The third-order valence-corrected chi connectivity index (χ3v) is 4.46. The molecular formula is C18H22N4O6. The first kappa shape index (κ1) is 19.5. The first-order valence-corrected chi connectivity index (χ1v) is 8.88. The maximum Gasteiger partial charge on any atom is 0.325 e. The molecule has 0 spiro atoms. The van der Waals surface area contributed by atoms with Crippen LogP contribution in [0.25, 0.3) is 0 Å². The smallest absolute Gasteiger partial charge is 0.325 e. The number of urea groups is 1. The molecule has 10 nitrogen and oxygen atoms in total. The predicted molar refractivity (Wildman–Crippen MR) is 96.6 cm³/mol. The zero-order valence-electron chi connectivity index (χ0n) is 15.7. The Morgan fingerprint density at radius 2 is 1.93 bits per heavy atom. The van der Waals surface area contributed by atoms with Crippen molar-refractivity contribution in [3.05, 3.63) is 23.8 Å². The normalized spacial score (nSPS) is 20.1. The van der Waals surface area contributed by atoms with Crippen LogP contribution in [0.3, 0.4) is 0 Å². The van der Waals surface area contributed by atoms with Crippen LogP contribution in [0.5, 0.6) is 11.5 Å². The highest BCUT2D eigenvalue weighted by Crippen LogP contribution is 2.34. The van der Waals surface area contributed by atoms with Crippen molar-refractivity contribution in [1.29, 1.82) is 0 Å². The Bertz CT molecular complexity index is 826. The van der Waals surface area contributed by atoms with Gasteiger partial charge in [0.25, 0.3) is 5.91 Å². The number of hydrogen-bond acceptors (Lipinski definition) is 6. The van der Waals surface area contributed by atoms with Gasteiger partial charge in [-0.25, -0.2) is 4.79 Å². The number of nitrogens with zero attached hydrogens (tertiary/aromatic N) is 1. The number of nitrogens with one attached hydrogen (secondary N) is 3. The SMILES string of the molecule is CCNC(=O)CNC(=O)CN1C(=O)N[C@](C)(Cc2ccc3c(c2)OCO3)C1=O. The van der Waals surface area contributed by atoms with Gasteiger partial charge in [0.15, 0.2) is 11.5 Å². The first-order chi connectivity index (χ1) is 13.3. The summed E-state index contributed by atoms with van der Waals surface area (Å²) in [6.45, 7) is 3.27. The summed E-state index contributed by atoms with van der Waals surface area (Å²) < 4.78 is 10.6. The number of rotatable bonds is 7. The van der Waals surface area contributed by atoms with Crippen LogP contribution >= 0.6 is 0 Å². The zero-order valence-corrected chi connectivity index (χ0v) is 15.7. The highest BCUT2D eigenvalue weighted by molar-refractivity contribution is 6.09. The van der Waals surface area contributed by atoms with E-state index in [1.807, 2.05) is 0 Å². The quantitative estimate of drug-likeness (QED) is 0.540. The minimum absolute atomic E-state index is 0.144. The van der Waals surface area contributed by atoms with Crippen LogP contribution in [0, 0.1) is 0 Å². The number of hydrogen-bond donors (Lipinski definition) is 3. The molecule has 0 aliphatic carbocycles. The van der Waals surface area contributed by atoms with Crippen LogP contribution in [0.2, 0.25) is 0 Å². The van der Waals surface area contributed by atoms with Crippen molar-refractivity contribution < 1.29 is 28.7 Å². The maximum absolute atomic E-state index is 12.8. The van der Waals surface area contributed by atoms with Crippen molar-refractivity contribution in [1.82, 2.24) is 20.9 Å². The lowest BCUT2D eigenvalue weighted by Crippen LogP contribution is -2.47. The molecule has 150 valence electrons. The van der Waals surface area contributed by atoms with E-state index in [4.69, 9.17) is 9.47 Å². The summed E-state index contributed by atoms with van der Waals surface area (Å²) in [4.78, 5) is 49.3. The van der Waals surface area contributed by atoms with E-state index in [9.17, 15) is 19.2 Å². The minimum Gasteiger partial charge on any atom is -0.454 e. The Hall–Kier alpha value is -3.30. The molecule has 3 N–H and O–H groups in total. The molecule has 10 heteroatoms. The van der Waals surface area contributed by atoms with Gasteiger partial charge in [-0.3, -0.25) is 19.3 Å². The standard InChI is InChI=1S/C18H22N4O6/c1-3-19-14(23)8-20-15(24)9-22-16(25)18(2,21-17(22)26)7-11-4-5-12-13(6-11)28-10-27-12/h4-6H,3,7-10H2,1-2H3,(H,19,23)(H,20,24)(H,21,26)/t18-/m1/s1. The molecule has 1 atom stereocenters. The van der Waals surface area contributed by atoms with E-state index in [-0.39, 0.29) is 25.7 Å². The molecule has 28 heavy (non-hydrogen) atoms. The van der Waals surface area contributed by atoms with Gasteiger partial charge in [-0.05, 0) is 31.5 Å². The van der Waals surface area contributed by atoms with Crippen LogP contribution < -0.4 is 25.4 Å². The molecule has 1 saturated heterocycles. The first-order valence-electron chi connectivity index (χ1n) is 8.88. The summed E-state index contributed by atoms with van der Waals surface area (Å²) in [5.41, 5.74) is -0.409. The summed E-state index contributed by atoms with van der Waals surface area (Å²) in [7, 11) is 0. The number of carbonyl (C=O) groups excluding carboxylic acids is 4. The summed E-state index contributed by atoms with van der Waals surface area (Å²) in [5.74, 6) is -0.244. The molecule has 0 bridgehead atoms. The summed E-state index contributed by atoms with van der Waals surface area (Å²) in [6, 6.07) is 4.64. The van der Waals surface area contributed by atoms with Gasteiger partial charge in [0, 0.05) is 13.0 Å². The Balaban J connectivity index is 1.62. The van der Waals surface area contributed by atoms with E-state index >= 15 is 0 Å². The molecule has 3 rings (SSSR count). The topological polar surface area (TPSA) is 126 Å². The molecule has 0 unspecified atom stereocenters. The fourth-order valence-corrected chi connectivity index (χ4v) is 3.11. The van der Waals surface area contributed by atoms with Crippen molar-refractivity contribution in [3.8, 4) is 11.5 Å². The second-order valence-electron chi connectivity index (χ2n) is 6.75. The fourth-order valence-electron chi connectivity index (χ4n) is 3.11. The molecule has 2 aliphatic heterocycles. The highest BCUT2D eigenvalue weighted by atomic mass is 16.7. The molecule has 1 aromatic carbocycles. The van der Waals surface area contributed by atoms with E-state index in [1.54, 1.807) is 32.0 Å². The molecule has 2 aliphatic rings. The monoisotopic (exact) mass is 390 g/mol. The third-order valence-electron chi connectivity index (χ3n) is 4.46. The van der Waals surface area contributed by atoms with Crippen LogP contribution in [-0.2, 0) is 20.8 Å². The Kier molecular flexibility index (Phi) is 5.39. The number of carbonyl (C=O) groups is 4. The van der Waals surface area contributed by atoms with Crippen LogP contribution in [0.15, 0.2) is 18.2 Å². The van der Waals surface area contributed by atoms with Gasteiger partial charge in [-0.1, -0.05) is 6.07 Å². The summed E-state index contributed by atoms with van der Waals surface area (Å²) in [5, 5.41) is 7.57. The average Bonchev–Trinajstić information content (AvgIpc) is 3.18. The largest absolute Gasteiger partial charge is 0.454 e. The second-order valence-corrected chi connectivity index (χ2v) is 6.75. The highest BCUT2D eigenvalue weighted by Gasteiger charge is 2.48. The van der Waals surface area contributed by atoms with Crippen molar-refractivity contribution in [3.63, 3.8) is 0 Å². The van der Waals surface area contributed by atoms with Gasteiger partial charge in [-0.2, -0.15) is 0 Å². The number of ether oxygens (including phenoxy) is 2. The Morgan fingerprint density at radius 1 is 1.18 bits per heavy atom. The molecule has 0 saturated carbocycles. The third kappa shape index (κ3) is 4.00. The van der Waals surface area contributed by atoms with Gasteiger partial charge in [0.05, 0.1) is 6.54 Å². The molecule has 5 amide bonds. The molecular weight excluding hydrogens is 368 g/mol. The van der Waals surface area contributed by atoms with Crippen molar-refractivity contribution in [2.45, 2.75) is 25.8 Å². The second kappa shape index (κ2) is 7.75. The Morgan fingerprint density at radius 3 is 2.68 bits per heavy atom. The van der Waals surface area contributed by atoms with E-state index in [1.165, 1.54) is 0 Å². The molecule has 1 aromatic rings. The fraction of sp³-hybridized carbons (Fsp3) is 0.444. The van der Waals surface area contributed by atoms with Crippen molar-refractivity contribution in [2.24, 2.45) is 0 Å². The number of imide groups is 1. The summed E-state index contributed by atoms with van der Waals surface area (Å²) >= 11 is 0. The van der Waals surface area contributed by atoms with Crippen LogP contribution in [0.1, 0.15) is 19.4 Å². The molecule has 0 radical (unpaired) electrons. The maximum atomic E-state index is 12.8. The molecule has 0 aromatic heterocycles. The average molecular weight is 390 g/mol. The number of fused-ring (bicyclic) bond motifs is 1. The number of amides is 5. The summed E-state index contributed by atoms with van der Waals surface area (Å²) in [6.07, 6.45) is 0.227. The van der Waals surface area contributed by atoms with Crippen molar-refractivity contribution in [2.75, 3.05) is 26.4 Å². The van der Waals surface area contributed by atoms with Gasteiger partial charge < -0.3 is 25.4 Å². The lowest BCUT2D eigenvalue weighted by Gasteiger charge is -2.21. The zero-order chi connectivity index (χ0) is 20.3. The number of benzene rings is 1. The van der Waals surface area contributed by atoms with E-state index in [2.05, 4.69) is 16.0 Å². The minimum atomic E-state index is -1.19. The van der Waals surface area contributed by atoms with Crippen molar-refractivity contribution >= 4 is 23.8 Å². The lowest BCUT2D eigenvalue weighted by atomic mass is 9.92. The van der Waals surface area contributed by atoms with Gasteiger partial charge >= 0.3 is 6.03 Å². The van der Waals surface area contributed by atoms with Crippen LogP contribution in [0.4, 0.5) is 4.79 Å². The van der Waals surface area contributed by atoms with Gasteiger partial charge in [-0.15, -0.1) is 0 Å².